The predicted molar refractivity (Wildman–Crippen MR) is 384 cm³/mol. The minimum absolute atomic E-state index is 0.0128. The van der Waals surface area contributed by atoms with Gasteiger partial charge in [-0.2, -0.15) is 88.9 Å². The molecule has 54 heteroatoms. The first-order chi connectivity index (χ1) is 50.5. The number of phenols is 1. The van der Waals surface area contributed by atoms with Crippen LogP contribution < -0.4 is 37.6 Å². The number of benzene rings is 6. The highest BCUT2D eigenvalue weighted by atomic mass is 32.3. The van der Waals surface area contributed by atoms with E-state index in [-0.39, 0.29) is 146 Å². The summed E-state index contributed by atoms with van der Waals surface area (Å²) in [4.78, 5) is 23.7. The lowest BCUT2D eigenvalue weighted by molar-refractivity contribution is -0.434. The number of nitrogens with two attached hydrogens (primary N) is 1. The minimum atomic E-state index is -5.40. The molecule has 17 N–H and O–H groups in total. The molecule has 0 atom stereocenters. The lowest BCUT2D eigenvalue weighted by atomic mass is 10.1. The fourth-order valence-electron chi connectivity index (χ4n) is 8.61. The van der Waals surface area contributed by atoms with E-state index in [4.69, 9.17) is 33.7 Å². The van der Waals surface area contributed by atoms with E-state index in [0.29, 0.717) is 35.1 Å². The van der Waals surface area contributed by atoms with Gasteiger partial charge in [-0.3, -0.25) is 17.8 Å². The van der Waals surface area contributed by atoms with Crippen molar-refractivity contribution in [3.05, 3.63) is 97.1 Å². The van der Waals surface area contributed by atoms with Crippen LogP contribution in [0.1, 0.15) is 0 Å². The normalized spacial score (nSPS) is 12.3. The van der Waals surface area contributed by atoms with Crippen LogP contribution in [0.2, 0.25) is 0 Å². The van der Waals surface area contributed by atoms with Crippen molar-refractivity contribution < 1.29 is 123 Å². The molecule has 0 radical (unpaired) electrons. The van der Waals surface area contributed by atoms with Gasteiger partial charge in [-0.15, -0.1) is 23.2 Å². The molecule has 0 amide bonds. The number of hydrogen-bond donors (Lipinski definition) is 16. The van der Waals surface area contributed by atoms with Crippen LogP contribution in [0.15, 0.2) is 147 Å². The number of hydrogen-bond acceptors (Lipinski definition) is 46. The number of fused-ring (bicyclic) bond motifs is 1. The Morgan fingerprint density at radius 3 is 1.49 bits per heavy atom. The molecule has 2 aromatic heterocycles. The van der Waals surface area contributed by atoms with E-state index < -0.39 is 112 Å². The lowest BCUT2D eigenvalue weighted by Gasteiger charge is -2.15. The van der Waals surface area contributed by atoms with Gasteiger partial charge in [0.1, 0.15) is 21.2 Å². The number of nitrogens with one attached hydrogen (secondary N) is 6. The molecule has 106 heavy (non-hydrogen) atoms. The number of nitrogen functional groups attached to an aromatic ring is 1. The van der Waals surface area contributed by atoms with Crippen molar-refractivity contribution in [1.82, 2.24) is 29.9 Å². The number of thioether (sulfide) groups is 2. The summed E-state index contributed by atoms with van der Waals surface area (Å²) >= 11 is 3.69. The Hall–Kier alpha value is -7.94. The number of aromatic nitrogens is 6. The largest absolute Gasteiger partial charge is 0.505 e. The van der Waals surface area contributed by atoms with Gasteiger partial charge in [0, 0.05) is 47.5 Å². The Morgan fingerprint density at radius 2 is 0.972 bits per heavy atom. The van der Waals surface area contributed by atoms with Crippen LogP contribution in [-0.2, 0) is 86.8 Å². The van der Waals surface area contributed by atoms with Gasteiger partial charge >= 0.3 is 10.4 Å². The van der Waals surface area contributed by atoms with Crippen molar-refractivity contribution in [2.24, 2.45) is 20.5 Å². The number of rotatable bonds is 44. The van der Waals surface area contributed by atoms with Crippen molar-refractivity contribution in [2.45, 2.75) is 29.4 Å². The van der Waals surface area contributed by atoms with E-state index in [9.17, 15) is 71.8 Å². The van der Waals surface area contributed by atoms with Crippen LogP contribution in [0.4, 0.5) is 86.9 Å². The van der Waals surface area contributed by atoms with Crippen molar-refractivity contribution in [1.29, 1.82) is 0 Å². The third-order valence-electron chi connectivity index (χ3n) is 13.0. The number of sulfone groups is 2. The quantitative estimate of drug-likeness (QED) is 0.00324. The number of nitrogens with zero attached hydrogens (tertiary/aromatic N) is 10. The van der Waals surface area contributed by atoms with Crippen LogP contribution >= 0.6 is 59.9 Å². The Bertz CT molecular complexity index is 5070. The Morgan fingerprint density at radius 1 is 0.491 bits per heavy atom. The SMILES string of the molecule is Nc1c(/N=N/c2ccc(SOOO)c(Nc3nc(NCCSCCO)nc(Nc4cccc(S(=O)(=O)CCOSOOO)c4)n3)c2)c(SOOO)cc2cc(S(=O)(=O)O)c(/N=N/c3ccc(S(=O)(=O)O)c(Nc4nc(NCCSCCO)nc(Nc5cccc(S(=O)(=O)CCOS(=O)(=O)O)c5)n4)c3)c(O)c12. The lowest BCUT2D eigenvalue weighted by Crippen LogP contribution is -2.15. The van der Waals surface area contributed by atoms with Gasteiger partial charge in [0.25, 0.3) is 20.2 Å². The molecule has 0 aliphatic heterocycles. The number of anilines is 11. The second-order valence-corrected chi connectivity index (χ2v) is 32.6. The molecule has 0 saturated carbocycles. The van der Waals surface area contributed by atoms with Crippen LogP contribution in [0, 0.1) is 0 Å². The monoisotopic (exact) mass is 1670 g/mol. The maximum Gasteiger partial charge on any atom is 0.397 e. The summed E-state index contributed by atoms with van der Waals surface area (Å²) in [6, 6.07) is 19.3. The predicted octanol–water partition coefficient (Wildman–Crippen LogP) is 8.30. The average Bonchev–Trinajstić information content (AvgIpc) is 0.746. The summed E-state index contributed by atoms with van der Waals surface area (Å²) < 4.78 is 179. The first-order valence-electron chi connectivity index (χ1n) is 29.0. The molecule has 0 fully saturated rings. The standard InChI is InChI=1S/C52H57N17O27S10/c53-43-42-29(23-39(100-95-92-74)44(43)68-66-32-7-9-38(99-94-91-73)36(27-32)58-51-62-47(54-11-17-97-19-13-70)60-49(64-51)56-30-3-1-5-34(25-30)102(76,77)21-15-89-101-96-93-75)24-41(105(83,84)85)45(46(42)72)69-67-33-8-10-40(104(80,81)82)37(28-33)59-52-63-48(55-12-18-98-20-14-71)61-50(65-52)57-31-4-2-6-35(26-31)103(78,79)22-16-90-106(86,87)88/h1-10,23-28,70-75H,11-22,53H2,(H,80,81,82)(H,83,84,85)(H,86,87,88)(H3,54,56,58,60,62,64)(H3,55,57,59,61,63,65)/b68-66+,69-67+. The van der Waals surface area contributed by atoms with Gasteiger partial charge < -0.3 is 53.0 Å². The maximum absolute atomic E-state index is 13.2. The summed E-state index contributed by atoms with van der Waals surface area (Å²) in [7, 11) is -23.7. The van der Waals surface area contributed by atoms with Crippen molar-refractivity contribution >= 4 is 208 Å². The van der Waals surface area contributed by atoms with Crippen molar-refractivity contribution in [2.75, 3.05) is 112 Å². The van der Waals surface area contributed by atoms with Gasteiger partial charge in [-0.1, -0.05) is 27.2 Å². The number of phenolic OH excluding ortho intramolecular Hbond substituents is 1. The second kappa shape index (κ2) is 39.2. The van der Waals surface area contributed by atoms with Crippen molar-refractivity contribution in [3.63, 3.8) is 0 Å². The molecule has 0 unspecified atom stereocenters. The highest BCUT2D eigenvalue weighted by Crippen LogP contribution is 2.50. The molecule has 572 valence electrons. The van der Waals surface area contributed by atoms with Crippen molar-refractivity contribution in [3.8, 4) is 5.75 Å². The molecule has 0 saturated heterocycles. The molecule has 44 nitrogen and oxygen atoms in total. The molecule has 8 aromatic rings. The van der Waals surface area contributed by atoms with Crippen LogP contribution in [0.3, 0.4) is 0 Å². The van der Waals surface area contributed by atoms with Crippen LogP contribution in [-0.4, -0.2) is 191 Å². The molecule has 0 spiro atoms. The average molecular weight is 1670 g/mol. The molecule has 0 aliphatic carbocycles. The summed E-state index contributed by atoms with van der Waals surface area (Å²) in [6.45, 7) is -1.04. The minimum Gasteiger partial charge on any atom is -0.505 e. The van der Waals surface area contributed by atoms with Crippen LogP contribution in [0.5, 0.6) is 5.75 Å². The molecule has 8 rings (SSSR count). The number of azo groups is 2. The number of aliphatic hydroxyl groups excluding tert-OH is 2. The van der Waals surface area contributed by atoms with Gasteiger partial charge in [0.05, 0.1) is 115 Å². The summed E-state index contributed by atoms with van der Waals surface area (Å²) in [5.41, 5.74) is 4.21. The topological polar surface area (TPSA) is 652 Å². The number of aliphatic hydroxyl groups is 2. The summed E-state index contributed by atoms with van der Waals surface area (Å²) in [6.07, 6.45) is 0. The maximum atomic E-state index is 13.2. The van der Waals surface area contributed by atoms with E-state index in [1.54, 1.807) is 0 Å². The van der Waals surface area contributed by atoms with E-state index >= 15 is 0 Å². The first kappa shape index (κ1) is 83.7. The third-order valence-corrected chi connectivity index (χ3v) is 22.1. The molecule has 0 aliphatic rings. The highest BCUT2D eigenvalue weighted by molar-refractivity contribution is 7.99. The van der Waals surface area contributed by atoms with E-state index in [1.165, 1.54) is 84.2 Å². The fraction of sp³-hybridized carbons (Fsp3) is 0.231. The molecular formula is C52H57N17O27S10. The Balaban J connectivity index is 1.14. The zero-order valence-corrected chi connectivity index (χ0v) is 61.4. The zero-order chi connectivity index (χ0) is 76.7. The van der Waals surface area contributed by atoms with Gasteiger partial charge in [-0.05, 0) is 90.3 Å². The van der Waals surface area contributed by atoms with Gasteiger partial charge in [0.15, 0.2) is 37.7 Å². The molecular weight excluding hydrogens is 1620 g/mol. The first-order valence-corrected chi connectivity index (χ1v) is 41.0. The Labute approximate surface area is 621 Å². The fourth-order valence-corrected chi connectivity index (χ4v) is 15.0. The highest BCUT2D eigenvalue weighted by Gasteiger charge is 2.28. The van der Waals surface area contributed by atoms with E-state index in [2.05, 4.69) is 106 Å². The third kappa shape index (κ3) is 25.1. The molecule has 2 heterocycles. The number of aromatic hydroxyl groups is 1. The van der Waals surface area contributed by atoms with E-state index in [0.717, 1.165) is 36.4 Å². The second-order valence-electron chi connectivity index (χ2n) is 20.1. The Kier molecular flexibility index (Phi) is 31.0. The summed E-state index contributed by atoms with van der Waals surface area (Å²) in [5.74, 6) is -2.07. The van der Waals surface area contributed by atoms with Gasteiger partial charge in [0.2, 0.25) is 35.7 Å². The molecule has 0 bridgehead atoms. The zero-order valence-electron chi connectivity index (χ0n) is 53.2. The smallest absolute Gasteiger partial charge is 0.397 e. The van der Waals surface area contributed by atoms with Crippen LogP contribution in [0.25, 0.3) is 10.8 Å². The van der Waals surface area contributed by atoms with E-state index in [1.807, 2.05) is 0 Å². The molecule has 6 aromatic carbocycles. The van der Waals surface area contributed by atoms with Gasteiger partial charge in [-0.25, -0.2) is 36.8 Å². The summed E-state index contributed by atoms with van der Waals surface area (Å²) in [5, 5.41) is 101.